The minimum absolute atomic E-state index is 0.0602. The molecule has 0 atom stereocenters. The topological polar surface area (TPSA) is 76.9 Å². The molecule has 1 N–H and O–H groups in total. The van der Waals surface area contributed by atoms with Crippen LogP contribution in [0.5, 0.6) is 0 Å². The van der Waals surface area contributed by atoms with Gasteiger partial charge >= 0.3 is 0 Å². The first kappa shape index (κ1) is 16.3. The summed E-state index contributed by atoms with van der Waals surface area (Å²) in [6.45, 7) is 1.50. The van der Waals surface area contributed by atoms with Crippen molar-refractivity contribution in [1.82, 2.24) is 19.5 Å². The highest BCUT2D eigenvalue weighted by molar-refractivity contribution is 7.89. The predicted molar refractivity (Wildman–Crippen MR) is 86.5 cm³/mol. The van der Waals surface area contributed by atoms with Crippen molar-refractivity contribution in [3.8, 4) is 5.82 Å². The van der Waals surface area contributed by atoms with Gasteiger partial charge in [-0.15, -0.1) is 0 Å². The molecular weight excluding hydrogens is 331 g/mol. The molecular formula is C16H15FN4O2S. The highest BCUT2D eigenvalue weighted by Crippen LogP contribution is 2.17. The van der Waals surface area contributed by atoms with Crippen LogP contribution in [0, 0.1) is 12.7 Å². The summed E-state index contributed by atoms with van der Waals surface area (Å²) in [7, 11) is -3.80. The molecule has 0 saturated carbocycles. The first-order valence-electron chi connectivity index (χ1n) is 7.17. The summed E-state index contributed by atoms with van der Waals surface area (Å²) < 4.78 is 42.2. The van der Waals surface area contributed by atoms with Gasteiger partial charge in [-0.2, -0.15) is 5.10 Å². The minimum Gasteiger partial charge on any atom is -0.237 e. The number of pyridine rings is 1. The van der Waals surface area contributed by atoms with Crippen LogP contribution in [0.15, 0.2) is 59.9 Å². The van der Waals surface area contributed by atoms with E-state index in [0.717, 1.165) is 0 Å². The fourth-order valence-electron chi connectivity index (χ4n) is 2.20. The summed E-state index contributed by atoms with van der Waals surface area (Å²) in [6.07, 6.45) is 4.97. The molecule has 1 aromatic carbocycles. The van der Waals surface area contributed by atoms with Crippen LogP contribution >= 0.6 is 0 Å². The number of benzene rings is 1. The number of aromatic nitrogens is 3. The Bertz CT molecular complexity index is 939. The van der Waals surface area contributed by atoms with Crippen molar-refractivity contribution >= 4 is 10.0 Å². The molecule has 0 bridgehead atoms. The van der Waals surface area contributed by atoms with Crippen molar-refractivity contribution in [2.45, 2.75) is 18.4 Å². The molecule has 8 heteroatoms. The number of nitrogens with one attached hydrogen (secondary N) is 1. The lowest BCUT2D eigenvalue weighted by Crippen LogP contribution is -2.24. The largest absolute Gasteiger partial charge is 0.241 e. The summed E-state index contributed by atoms with van der Waals surface area (Å²) in [5.41, 5.74) is 0.778. The molecule has 0 radical (unpaired) electrons. The van der Waals surface area contributed by atoms with Crippen molar-refractivity contribution in [3.05, 3.63) is 71.9 Å². The quantitative estimate of drug-likeness (QED) is 0.768. The molecule has 0 spiro atoms. The van der Waals surface area contributed by atoms with E-state index in [0.29, 0.717) is 11.4 Å². The van der Waals surface area contributed by atoms with Crippen molar-refractivity contribution in [3.63, 3.8) is 0 Å². The Kier molecular flexibility index (Phi) is 4.41. The van der Waals surface area contributed by atoms with Gasteiger partial charge in [-0.25, -0.2) is 27.2 Å². The van der Waals surface area contributed by atoms with Crippen LogP contribution in [0.3, 0.4) is 0 Å². The maximum absolute atomic E-state index is 13.5. The van der Waals surface area contributed by atoms with E-state index in [1.54, 1.807) is 41.5 Å². The van der Waals surface area contributed by atoms with Gasteiger partial charge in [-0.1, -0.05) is 12.1 Å². The standard InChI is InChI=1S/C16H15FN4O2S/c1-12-14(17)4-2-5-15(12)24(22,23)20-11-13-6-7-16(18-10-13)21-9-3-8-19-21/h2-10,20H,11H2,1H3. The molecule has 2 heterocycles. The van der Waals surface area contributed by atoms with Gasteiger partial charge in [0.05, 0.1) is 4.90 Å². The number of hydrogen-bond donors (Lipinski definition) is 1. The lowest BCUT2D eigenvalue weighted by Gasteiger charge is -2.10. The summed E-state index contributed by atoms with van der Waals surface area (Å²) in [4.78, 5) is 4.17. The van der Waals surface area contributed by atoms with Crippen molar-refractivity contribution < 1.29 is 12.8 Å². The lowest BCUT2D eigenvalue weighted by atomic mass is 10.2. The van der Waals surface area contributed by atoms with Gasteiger partial charge in [-0.05, 0) is 36.8 Å². The zero-order valence-electron chi connectivity index (χ0n) is 12.8. The molecule has 124 valence electrons. The number of halogens is 1. The Morgan fingerprint density at radius 1 is 1.21 bits per heavy atom. The van der Waals surface area contributed by atoms with Crippen LogP contribution in [0.4, 0.5) is 4.39 Å². The van der Waals surface area contributed by atoms with Gasteiger partial charge in [0.25, 0.3) is 0 Å². The third kappa shape index (κ3) is 3.34. The first-order valence-corrected chi connectivity index (χ1v) is 8.65. The Morgan fingerprint density at radius 2 is 2.04 bits per heavy atom. The zero-order chi connectivity index (χ0) is 17.2. The molecule has 0 aliphatic rings. The van der Waals surface area contributed by atoms with Crippen molar-refractivity contribution in [1.29, 1.82) is 0 Å². The van der Waals surface area contributed by atoms with Gasteiger partial charge in [0.1, 0.15) is 5.82 Å². The minimum atomic E-state index is -3.80. The van der Waals surface area contributed by atoms with Crippen LogP contribution in [0.2, 0.25) is 0 Å². The maximum atomic E-state index is 13.5. The number of hydrogen-bond acceptors (Lipinski definition) is 4. The molecule has 3 rings (SSSR count). The normalized spacial score (nSPS) is 11.6. The average molecular weight is 346 g/mol. The van der Waals surface area contributed by atoms with Gasteiger partial charge in [-0.3, -0.25) is 0 Å². The molecule has 0 amide bonds. The Labute approximate surface area is 139 Å². The molecule has 0 fully saturated rings. The van der Waals surface area contributed by atoms with Gasteiger partial charge < -0.3 is 0 Å². The van der Waals surface area contributed by atoms with E-state index >= 15 is 0 Å². The smallest absolute Gasteiger partial charge is 0.237 e. The van der Waals surface area contributed by atoms with E-state index in [-0.39, 0.29) is 17.0 Å². The molecule has 6 nitrogen and oxygen atoms in total. The van der Waals surface area contributed by atoms with E-state index < -0.39 is 15.8 Å². The molecule has 0 saturated heterocycles. The third-order valence-electron chi connectivity index (χ3n) is 3.52. The zero-order valence-corrected chi connectivity index (χ0v) is 13.7. The van der Waals surface area contributed by atoms with E-state index in [9.17, 15) is 12.8 Å². The van der Waals surface area contributed by atoms with Crippen LogP contribution < -0.4 is 4.72 Å². The Balaban J connectivity index is 1.74. The fraction of sp³-hybridized carbons (Fsp3) is 0.125. The second-order valence-corrected chi connectivity index (χ2v) is 6.90. The molecule has 2 aromatic heterocycles. The summed E-state index contributed by atoms with van der Waals surface area (Å²) in [6, 6.07) is 9.25. The van der Waals surface area contributed by atoms with Gasteiger partial charge in [0, 0.05) is 30.7 Å². The number of nitrogens with zero attached hydrogens (tertiary/aromatic N) is 3. The monoisotopic (exact) mass is 346 g/mol. The van der Waals surface area contributed by atoms with Crippen LogP contribution in [-0.4, -0.2) is 23.2 Å². The molecule has 0 unspecified atom stereocenters. The summed E-state index contributed by atoms with van der Waals surface area (Å²) in [5.74, 6) is 0.0794. The van der Waals surface area contributed by atoms with Crippen LogP contribution in [0.25, 0.3) is 5.82 Å². The fourth-order valence-corrected chi connectivity index (χ4v) is 3.47. The highest BCUT2D eigenvalue weighted by Gasteiger charge is 2.18. The van der Waals surface area contributed by atoms with Crippen molar-refractivity contribution in [2.75, 3.05) is 0 Å². The van der Waals surface area contributed by atoms with Crippen LogP contribution in [0.1, 0.15) is 11.1 Å². The number of sulfonamides is 1. The molecule has 0 aliphatic heterocycles. The second-order valence-electron chi connectivity index (χ2n) is 5.16. The highest BCUT2D eigenvalue weighted by atomic mass is 32.2. The van der Waals surface area contributed by atoms with Crippen molar-refractivity contribution in [2.24, 2.45) is 0 Å². The summed E-state index contributed by atoms with van der Waals surface area (Å²) >= 11 is 0. The molecule has 3 aromatic rings. The third-order valence-corrected chi connectivity index (χ3v) is 5.07. The van der Waals surface area contributed by atoms with Gasteiger partial charge in [0.15, 0.2) is 5.82 Å². The Hall–Kier alpha value is -2.58. The second kappa shape index (κ2) is 6.50. The first-order chi connectivity index (χ1) is 11.5. The maximum Gasteiger partial charge on any atom is 0.241 e. The van der Waals surface area contributed by atoms with E-state index in [1.165, 1.54) is 25.1 Å². The van der Waals surface area contributed by atoms with E-state index in [4.69, 9.17) is 0 Å². The number of rotatable bonds is 5. The average Bonchev–Trinajstić information content (AvgIpc) is 3.10. The Morgan fingerprint density at radius 3 is 2.71 bits per heavy atom. The van der Waals surface area contributed by atoms with E-state index in [1.807, 2.05) is 0 Å². The SMILES string of the molecule is Cc1c(F)cccc1S(=O)(=O)NCc1ccc(-n2cccn2)nc1. The predicted octanol–water partition coefficient (Wildman–Crippen LogP) is 2.19. The van der Waals surface area contributed by atoms with Crippen LogP contribution in [-0.2, 0) is 16.6 Å². The van der Waals surface area contributed by atoms with Gasteiger partial charge in [0.2, 0.25) is 10.0 Å². The molecule has 24 heavy (non-hydrogen) atoms. The van der Waals surface area contributed by atoms with E-state index in [2.05, 4.69) is 14.8 Å². The molecule has 0 aliphatic carbocycles. The summed E-state index contributed by atoms with van der Waals surface area (Å²) in [5, 5.41) is 4.07. The lowest BCUT2D eigenvalue weighted by molar-refractivity contribution is 0.574.